The Bertz CT molecular complexity index is 1140. The zero-order valence-corrected chi connectivity index (χ0v) is 15.9. The Morgan fingerprint density at radius 3 is 2.69 bits per heavy atom. The van der Waals surface area contributed by atoms with Gasteiger partial charge in [0.15, 0.2) is 11.6 Å². The van der Waals surface area contributed by atoms with Gasteiger partial charge in [0.2, 0.25) is 5.91 Å². The van der Waals surface area contributed by atoms with Crippen LogP contribution in [0.4, 0.5) is 10.1 Å². The minimum atomic E-state index is -0.430. The number of carbonyl (C=O) groups excluding carboxylic acids is 1. The first-order chi connectivity index (χ1) is 14.1. The molecule has 4 rings (SSSR count). The van der Waals surface area contributed by atoms with Crippen LogP contribution >= 0.6 is 0 Å². The number of methoxy groups -OCH3 is 1. The van der Waals surface area contributed by atoms with Crippen molar-refractivity contribution < 1.29 is 13.9 Å². The molecule has 1 heterocycles. The summed E-state index contributed by atoms with van der Waals surface area (Å²) >= 11 is 0. The smallest absolute Gasteiger partial charge is 0.224 e. The van der Waals surface area contributed by atoms with Gasteiger partial charge in [-0.25, -0.2) is 9.37 Å². The molecule has 0 atom stereocenters. The Kier molecular flexibility index (Phi) is 5.24. The number of carbonyl (C=O) groups is 1. The summed E-state index contributed by atoms with van der Waals surface area (Å²) in [4.78, 5) is 20.4. The highest BCUT2D eigenvalue weighted by Gasteiger charge is 2.12. The lowest BCUT2D eigenvalue weighted by Gasteiger charge is -2.10. The summed E-state index contributed by atoms with van der Waals surface area (Å²) in [5.74, 6) is 0.308. The van der Waals surface area contributed by atoms with Gasteiger partial charge in [-0.3, -0.25) is 4.79 Å². The van der Waals surface area contributed by atoms with Crippen molar-refractivity contribution in [2.24, 2.45) is 0 Å². The molecule has 6 heteroatoms. The predicted molar refractivity (Wildman–Crippen MR) is 111 cm³/mol. The maximum absolute atomic E-state index is 13.8. The Morgan fingerprint density at radius 2 is 1.90 bits per heavy atom. The number of nitrogens with zero attached hydrogens (tertiary/aromatic N) is 1. The van der Waals surface area contributed by atoms with E-state index in [-0.39, 0.29) is 18.1 Å². The first kappa shape index (κ1) is 18.7. The minimum Gasteiger partial charge on any atom is -0.494 e. The zero-order chi connectivity index (χ0) is 20.2. The lowest BCUT2D eigenvalue weighted by molar-refractivity contribution is -0.116. The van der Waals surface area contributed by atoms with Gasteiger partial charge in [-0.1, -0.05) is 30.3 Å². The molecule has 0 fully saturated rings. The molecule has 0 aliphatic heterocycles. The molecule has 2 N–H and O–H groups in total. The van der Waals surface area contributed by atoms with Crippen LogP contribution in [0.25, 0.3) is 22.4 Å². The number of hydrogen-bond donors (Lipinski definition) is 2. The molecule has 1 amide bonds. The highest BCUT2D eigenvalue weighted by molar-refractivity contribution is 5.95. The number of amides is 1. The van der Waals surface area contributed by atoms with Gasteiger partial charge in [0.05, 0.1) is 23.8 Å². The topological polar surface area (TPSA) is 67.0 Å². The summed E-state index contributed by atoms with van der Waals surface area (Å²) in [6.07, 6.45) is 0.666. The maximum Gasteiger partial charge on any atom is 0.224 e. The van der Waals surface area contributed by atoms with Crippen LogP contribution in [-0.2, 0) is 11.2 Å². The molecule has 0 aliphatic rings. The number of imidazole rings is 1. The molecule has 0 radical (unpaired) electrons. The van der Waals surface area contributed by atoms with Crippen LogP contribution in [0.3, 0.4) is 0 Å². The Labute approximate surface area is 167 Å². The first-order valence-electron chi connectivity index (χ1n) is 9.30. The van der Waals surface area contributed by atoms with Crippen molar-refractivity contribution in [2.45, 2.75) is 12.8 Å². The second kappa shape index (κ2) is 8.14. The number of hydrogen-bond acceptors (Lipinski definition) is 3. The standard InChI is InChI=1S/C23H20FN3O2/c1-29-21-12-10-15(14-17(21)24)11-13-22(28)25-18-7-3-2-6-16(18)23-26-19-8-4-5-9-20(19)27-23/h2-10,12,14H,11,13H2,1H3,(H,25,28)(H,26,27). The average Bonchev–Trinajstić information content (AvgIpc) is 3.17. The third kappa shape index (κ3) is 4.11. The number of anilines is 1. The van der Waals surface area contributed by atoms with Crippen LogP contribution in [0.15, 0.2) is 66.7 Å². The van der Waals surface area contributed by atoms with E-state index >= 15 is 0 Å². The monoisotopic (exact) mass is 389 g/mol. The molecule has 0 aliphatic carbocycles. The SMILES string of the molecule is COc1ccc(CCC(=O)Nc2ccccc2-c2nc3ccccc3[nH]2)cc1F. The molecule has 1 aromatic heterocycles. The van der Waals surface area contributed by atoms with Crippen LogP contribution < -0.4 is 10.1 Å². The molecule has 0 spiro atoms. The van der Waals surface area contributed by atoms with E-state index in [1.165, 1.54) is 13.2 Å². The number of aryl methyl sites for hydroxylation is 1. The van der Waals surface area contributed by atoms with Gasteiger partial charge in [-0.15, -0.1) is 0 Å². The van der Waals surface area contributed by atoms with E-state index < -0.39 is 5.82 Å². The Morgan fingerprint density at radius 1 is 1.10 bits per heavy atom. The third-order valence-corrected chi connectivity index (χ3v) is 4.70. The van der Waals surface area contributed by atoms with Gasteiger partial charge in [0.1, 0.15) is 5.82 Å². The van der Waals surface area contributed by atoms with Gasteiger partial charge in [0.25, 0.3) is 0 Å². The molecule has 0 unspecified atom stereocenters. The normalized spacial score (nSPS) is 10.8. The zero-order valence-electron chi connectivity index (χ0n) is 15.9. The van der Waals surface area contributed by atoms with Crippen LogP contribution in [-0.4, -0.2) is 23.0 Å². The molecule has 0 saturated carbocycles. The number of fused-ring (bicyclic) bond motifs is 1. The fourth-order valence-electron chi connectivity index (χ4n) is 3.21. The van der Waals surface area contributed by atoms with Crippen LogP contribution in [0.5, 0.6) is 5.75 Å². The van der Waals surface area contributed by atoms with E-state index in [1.54, 1.807) is 12.1 Å². The number of H-pyrrole nitrogens is 1. The molecule has 3 aromatic carbocycles. The molecule has 4 aromatic rings. The lowest BCUT2D eigenvalue weighted by atomic mass is 10.1. The van der Waals surface area contributed by atoms with Gasteiger partial charge >= 0.3 is 0 Å². The summed E-state index contributed by atoms with van der Waals surface area (Å²) in [5.41, 5.74) is 4.03. The van der Waals surface area contributed by atoms with E-state index in [0.717, 1.165) is 22.2 Å². The van der Waals surface area contributed by atoms with Crippen molar-refractivity contribution in [1.82, 2.24) is 9.97 Å². The number of ether oxygens (including phenoxy) is 1. The fraction of sp³-hybridized carbons (Fsp3) is 0.130. The summed E-state index contributed by atoms with van der Waals surface area (Å²) in [5, 5.41) is 2.94. The molecular formula is C23H20FN3O2. The molecule has 0 saturated heterocycles. The van der Waals surface area contributed by atoms with Crippen LogP contribution in [0.1, 0.15) is 12.0 Å². The van der Waals surface area contributed by atoms with Crippen molar-refractivity contribution in [3.05, 3.63) is 78.1 Å². The van der Waals surface area contributed by atoms with Crippen molar-refractivity contribution in [3.63, 3.8) is 0 Å². The number of para-hydroxylation sites is 3. The first-order valence-corrected chi connectivity index (χ1v) is 9.30. The summed E-state index contributed by atoms with van der Waals surface area (Å²) in [6, 6.07) is 20.0. The molecule has 29 heavy (non-hydrogen) atoms. The van der Waals surface area contributed by atoms with Crippen LogP contribution in [0, 0.1) is 5.82 Å². The number of benzene rings is 3. The van der Waals surface area contributed by atoms with Gasteiger partial charge in [0, 0.05) is 12.0 Å². The number of rotatable bonds is 6. The van der Waals surface area contributed by atoms with Gasteiger partial charge in [-0.2, -0.15) is 0 Å². The summed E-state index contributed by atoms with van der Waals surface area (Å²) in [6.45, 7) is 0. The molecule has 146 valence electrons. The number of halogens is 1. The van der Waals surface area contributed by atoms with E-state index in [0.29, 0.717) is 17.9 Å². The second-order valence-corrected chi connectivity index (χ2v) is 6.67. The largest absolute Gasteiger partial charge is 0.494 e. The predicted octanol–water partition coefficient (Wildman–Crippen LogP) is 4.95. The third-order valence-electron chi connectivity index (χ3n) is 4.70. The number of aromatic amines is 1. The van der Waals surface area contributed by atoms with Crippen molar-refractivity contribution in [2.75, 3.05) is 12.4 Å². The lowest BCUT2D eigenvalue weighted by Crippen LogP contribution is -2.13. The molecule has 0 bridgehead atoms. The number of aromatic nitrogens is 2. The van der Waals surface area contributed by atoms with E-state index in [1.807, 2.05) is 48.5 Å². The fourth-order valence-corrected chi connectivity index (χ4v) is 3.21. The summed E-state index contributed by atoms with van der Waals surface area (Å²) in [7, 11) is 1.42. The quantitative estimate of drug-likeness (QED) is 0.490. The Balaban J connectivity index is 1.48. The van der Waals surface area contributed by atoms with E-state index in [2.05, 4.69) is 15.3 Å². The maximum atomic E-state index is 13.8. The van der Waals surface area contributed by atoms with Crippen molar-refractivity contribution >= 4 is 22.6 Å². The number of nitrogens with one attached hydrogen (secondary N) is 2. The van der Waals surface area contributed by atoms with Gasteiger partial charge < -0.3 is 15.0 Å². The average molecular weight is 389 g/mol. The minimum absolute atomic E-state index is 0.148. The van der Waals surface area contributed by atoms with Gasteiger partial charge in [-0.05, 0) is 48.4 Å². The van der Waals surface area contributed by atoms with Crippen molar-refractivity contribution in [3.8, 4) is 17.1 Å². The molecular weight excluding hydrogens is 369 g/mol. The molecule has 5 nitrogen and oxygen atoms in total. The Hall–Kier alpha value is -3.67. The van der Waals surface area contributed by atoms with Crippen molar-refractivity contribution in [1.29, 1.82) is 0 Å². The van der Waals surface area contributed by atoms with E-state index in [4.69, 9.17) is 4.74 Å². The highest BCUT2D eigenvalue weighted by Crippen LogP contribution is 2.27. The van der Waals surface area contributed by atoms with Crippen LogP contribution in [0.2, 0.25) is 0 Å². The second-order valence-electron chi connectivity index (χ2n) is 6.67. The highest BCUT2D eigenvalue weighted by atomic mass is 19.1. The summed E-state index contributed by atoms with van der Waals surface area (Å²) < 4.78 is 18.7. The van der Waals surface area contributed by atoms with E-state index in [9.17, 15) is 9.18 Å².